The van der Waals surface area contributed by atoms with Crippen LogP contribution in [-0.2, 0) is 16.1 Å². The van der Waals surface area contributed by atoms with Crippen molar-refractivity contribution in [3.8, 4) is 0 Å². The Morgan fingerprint density at radius 2 is 2.00 bits per heavy atom. The summed E-state index contributed by atoms with van der Waals surface area (Å²) >= 11 is 0. The SMILES string of the molecule is O=C(O)CC1(N2Cc3ccccc3C2=O)CCOCC1. The fourth-order valence-corrected chi connectivity index (χ4v) is 3.21. The Morgan fingerprint density at radius 3 is 2.65 bits per heavy atom. The quantitative estimate of drug-likeness (QED) is 0.911. The topological polar surface area (TPSA) is 66.8 Å². The normalized spacial score (nSPS) is 20.8. The minimum Gasteiger partial charge on any atom is -0.481 e. The third kappa shape index (κ3) is 2.08. The predicted octanol–water partition coefficient (Wildman–Crippen LogP) is 1.67. The summed E-state index contributed by atoms with van der Waals surface area (Å²) < 4.78 is 5.35. The second kappa shape index (κ2) is 4.90. The van der Waals surface area contributed by atoms with E-state index >= 15 is 0 Å². The van der Waals surface area contributed by atoms with Gasteiger partial charge in [0.05, 0.1) is 12.0 Å². The third-order valence-electron chi connectivity index (χ3n) is 4.30. The second-order valence-electron chi connectivity index (χ2n) is 5.46. The number of carboxylic acid groups (broad SMARTS) is 1. The van der Waals surface area contributed by atoms with Crippen LogP contribution in [0.4, 0.5) is 0 Å². The molecule has 2 aliphatic heterocycles. The fraction of sp³-hybridized carbons (Fsp3) is 0.467. The number of benzene rings is 1. The highest BCUT2D eigenvalue weighted by atomic mass is 16.5. The molecule has 0 atom stereocenters. The molecule has 3 rings (SSSR count). The zero-order valence-electron chi connectivity index (χ0n) is 11.2. The standard InChI is InChI=1S/C15H17NO4/c17-13(18)9-15(5-7-20-8-6-15)16-10-11-3-1-2-4-12(11)14(16)19/h1-4H,5-10H2,(H,17,18). The molecule has 1 saturated heterocycles. The maximum absolute atomic E-state index is 12.6. The van der Waals surface area contributed by atoms with E-state index in [0.717, 1.165) is 5.56 Å². The van der Waals surface area contributed by atoms with E-state index in [1.54, 1.807) is 4.90 Å². The summed E-state index contributed by atoms with van der Waals surface area (Å²) in [5, 5.41) is 9.22. The van der Waals surface area contributed by atoms with Crippen LogP contribution in [0.25, 0.3) is 0 Å². The summed E-state index contributed by atoms with van der Waals surface area (Å²) in [7, 11) is 0. The summed E-state index contributed by atoms with van der Waals surface area (Å²) in [5.41, 5.74) is 1.07. The van der Waals surface area contributed by atoms with Crippen molar-refractivity contribution in [2.24, 2.45) is 0 Å². The number of nitrogens with zero attached hydrogens (tertiary/aromatic N) is 1. The van der Waals surface area contributed by atoms with E-state index < -0.39 is 11.5 Å². The van der Waals surface area contributed by atoms with E-state index in [1.165, 1.54) is 0 Å². The Balaban J connectivity index is 1.94. The number of ether oxygens (including phenoxy) is 1. The van der Waals surface area contributed by atoms with Crippen LogP contribution in [0.5, 0.6) is 0 Å². The number of fused-ring (bicyclic) bond motifs is 1. The van der Waals surface area contributed by atoms with E-state index in [4.69, 9.17) is 4.74 Å². The van der Waals surface area contributed by atoms with E-state index in [2.05, 4.69) is 0 Å². The van der Waals surface area contributed by atoms with Gasteiger partial charge in [-0.15, -0.1) is 0 Å². The zero-order chi connectivity index (χ0) is 14.2. The zero-order valence-corrected chi connectivity index (χ0v) is 11.2. The lowest BCUT2D eigenvalue weighted by Gasteiger charge is -2.43. The summed E-state index contributed by atoms with van der Waals surface area (Å²) in [6, 6.07) is 7.49. The van der Waals surface area contributed by atoms with Gasteiger partial charge in [-0.2, -0.15) is 0 Å². The smallest absolute Gasteiger partial charge is 0.305 e. The molecule has 1 aromatic carbocycles. The molecule has 106 valence electrons. The van der Waals surface area contributed by atoms with Crippen LogP contribution in [0.15, 0.2) is 24.3 Å². The highest BCUT2D eigenvalue weighted by Gasteiger charge is 2.46. The first-order valence-electron chi connectivity index (χ1n) is 6.82. The van der Waals surface area contributed by atoms with Gasteiger partial charge in [0, 0.05) is 25.3 Å². The highest BCUT2D eigenvalue weighted by molar-refractivity contribution is 5.99. The minimum atomic E-state index is -0.865. The molecule has 1 N–H and O–H groups in total. The summed E-state index contributed by atoms with van der Waals surface area (Å²) in [6.07, 6.45) is 1.15. The number of amides is 1. The number of hydrogen-bond acceptors (Lipinski definition) is 3. The molecule has 0 saturated carbocycles. The molecule has 5 nitrogen and oxygen atoms in total. The fourth-order valence-electron chi connectivity index (χ4n) is 3.21. The van der Waals surface area contributed by atoms with Crippen molar-refractivity contribution in [3.05, 3.63) is 35.4 Å². The number of carboxylic acids is 1. The summed E-state index contributed by atoms with van der Waals surface area (Å²) in [4.78, 5) is 25.5. The van der Waals surface area contributed by atoms with Gasteiger partial charge in [-0.3, -0.25) is 9.59 Å². The molecular weight excluding hydrogens is 258 g/mol. The van der Waals surface area contributed by atoms with Gasteiger partial charge in [0.1, 0.15) is 0 Å². The van der Waals surface area contributed by atoms with Crippen LogP contribution < -0.4 is 0 Å². The first-order chi connectivity index (χ1) is 9.62. The van der Waals surface area contributed by atoms with Gasteiger partial charge in [-0.05, 0) is 24.5 Å². The van der Waals surface area contributed by atoms with Gasteiger partial charge < -0.3 is 14.7 Å². The van der Waals surface area contributed by atoms with Gasteiger partial charge in [0.25, 0.3) is 5.91 Å². The second-order valence-corrected chi connectivity index (χ2v) is 5.46. The molecular formula is C15H17NO4. The average molecular weight is 275 g/mol. The Morgan fingerprint density at radius 1 is 1.30 bits per heavy atom. The van der Waals surface area contributed by atoms with Crippen molar-refractivity contribution in [2.45, 2.75) is 31.3 Å². The molecule has 1 fully saturated rings. The van der Waals surface area contributed by atoms with Crippen LogP contribution in [0.3, 0.4) is 0 Å². The molecule has 0 aliphatic carbocycles. The van der Waals surface area contributed by atoms with Gasteiger partial charge in [-0.25, -0.2) is 0 Å². The lowest BCUT2D eigenvalue weighted by Crippen LogP contribution is -2.53. The molecule has 2 heterocycles. The van der Waals surface area contributed by atoms with Gasteiger partial charge >= 0.3 is 5.97 Å². The molecule has 0 bridgehead atoms. The van der Waals surface area contributed by atoms with Crippen molar-refractivity contribution in [3.63, 3.8) is 0 Å². The number of carbonyl (C=O) groups is 2. The van der Waals surface area contributed by atoms with Crippen LogP contribution in [0.2, 0.25) is 0 Å². The summed E-state index contributed by atoms with van der Waals surface area (Å²) in [6.45, 7) is 1.52. The Hall–Kier alpha value is -1.88. The van der Waals surface area contributed by atoms with Crippen LogP contribution >= 0.6 is 0 Å². The molecule has 1 aromatic rings. The van der Waals surface area contributed by atoms with E-state index in [9.17, 15) is 14.7 Å². The Bertz CT molecular complexity index is 549. The minimum absolute atomic E-state index is 0.0178. The number of aliphatic carboxylic acids is 1. The molecule has 0 radical (unpaired) electrons. The molecule has 1 amide bonds. The molecule has 0 unspecified atom stereocenters. The first kappa shape index (κ1) is 13.1. The summed E-state index contributed by atoms with van der Waals surface area (Å²) in [5.74, 6) is -0.917. The molecule has 20 heavy (non-hydrogen) atoms. The molecule has 0 spiro atoms. The monoisotopic (exact) mass is 275 g/mol. The lowest BCUT2D eigenvalue weighted by atomic mass is 9.84. The van der Waals surface area contributed by atoms with Crippen LogP contribution in [-0.4, -0.2) is 40.6 Å². The van der Waals surface area contributed by atoms with Crippen LogP contribution in [0.1, 0.15) is 35.2 Å². The molecule has 5 heteroatoms. The van der Waals surface area contributed by atoms with E-state index in [0.29, 0.717) is 38.2 Å². The Kier molecular flexibility index (Phi) is 3.22. The largest absolute Gasteiger partial charge is 0.481 e. The van der Waals surface area contributed by atoms with E-state index in [1.807, 2.05) is 24.3 Å². The van der Waals surface area contributed by atoms with Crippen molar-refractivity contribution in [1.82, 2.24) is 4.90 Å². The average Bonchev–Trinajstić information content (AvgIpc) is 2.78. The van der Waals surface area contributed by atoms with Gasteiger partial charge in [0.2, 0.25) is 0 Å². The van der Waals surface area contributed by atoms with Crippen LogP contribution in [0, 0.1) is 0 Å². The van der Waals surface area contributed by atoms with Crippen molar-refractivity contribution in [1.29, 1.82) is 0 Å². The number of hydrogen-bond donors (Lipinski definition) is 1. The predicted molar refractivity (Wildman–Crippen MR) is 71.4 cm³/mol. The molecule has 0 aromatic heterocycles. The van der Waals surface area contributed by atoms with Gasteiger partial charge in [0.15, 0.2) is 0 Å². The van der Waals surface area contributed by atoms with Crippen molar-refractivity contribution < 1.29 is 19.4 Å². The molecule has 2 aliphatic rings. The third-order valence-corrected chi connectivity index (χ3v) is 4.30. The van der Waals surface area contributed by atoms with Crippen molar-refractivity contribution in [2.75, 3.05) is 13.2 Å². The first-order valence-corrected chi connectivity index (χ1v) is 6.82. The van der Waals surface area contributed by atoms with Crippen molar-refractivity contribution >= 4 is 11.9 Å². The highest BCUT2D eigenvalue weighted by Crippen LogP contribution is 2.37. The lowest BCUT2D eigenvalue weighted by molar-refractivity contribution is -0.142. The van der Waals surface area contributed by atoms with Gasteiger partial charge in [-0.1, -0.05) is 18.2 Å². The Labute approximate surface area is 117 Å². The maximum atomic E-state index is 12.6. The maximum Gasteiger partial charge on any atom is 0.305 e. The number of carbonyl (C=O) groups excluding carboxylic acids is 1. The number of rotatable bonds is 3. The van der Waals surface area contributed by atoms with E-state index in [-0.39, 0.29) is 12.3 Å².